The molecule has 0 saturated heterocycles. The fraction of sp³-hybridized carbons (Fsp3) is 0.833. The van der Waals surface area contributed by atoms with Crippen LogP contribution in [-0.4, -0.2) is 41.1 Å². The molecule has 0 aliphatic heterocycles. The molecular weight excluding hydrogens is 220 g/mol. The van der Waals surface area contributed by atoms with Gasteiger partial charge in [0.15, 0.2) is 0 Å². The Balaban J connectivity index is 1.85. The van der Waals surface area contributed by atoms with Gasteiger partial charge in [-0.25, -0.2) is 4.79 Å². The monoisotopic (exact) mass is 240 g/mol. The van der Waals surface area contributed by atoms with Crippen LogP contribution in [0.25, 0.3) is 0 Å². The summed E-state index contributed by atoms with van der Waals surface area (Å²) in [5.41, 5.74) is 0.171. The summed E-state index contributed by atoms with van der Waals surface area (Å²) in [5, 5.41) is 11.7. The first kappa shape index (κ1) is 12.2. The van der Waals surface area contributed by atoms with Crippen LogP contribution in [0.4, 0.5) is 4.79 Å². The van der Waals surface area contributed by atoms with Crippen LogP contribution in [0.3, 0.4) is 0 Å². The molecule has 0 spiro atoms. The fourth-order valence-electron chi connectivity index (χ4n) is 1.95. The lowest BCUT2D eigenvalue weighted by molar-refractivity contribution is -0.137. The molecule has 2 rings (SSSR count). The van der Waals surface area contributed by atoms with E-state index in [1.165, 1.54) is 4.90 Å². The molecule has 1 unspecified atom stereocenters. The van der Waals surface area contributed by atoms with Crippen LogP contribution in [0, 0.1) is 11.3 Å². The Morgan fingerprint density at radius 1 is 1.41 bits per heavy atom. The number of aliphatic carboxylic acids is 1. The summed E-state index contributed by atoms with van der Waals surface area (Å²) in [7, 11) is 0. The predicted octanol–water partition coefficient (Wildman–Crippen LogP) is 1.29. The summed E-state index contributed by atoms with van der Waals surface area (Å²) >= 11 is 0. The van der Waals surface area contributed by atoms with Gasteiger partial charge >= 0.3 is 12.0 Å². The van der Waals surface area contributed by atoms with E-state index in [-0.39, 0.29) is 24.0 Å². The van der Waals surface area contributed by atoms with E-state index >= 15 is 0 Å². The topological polar surface area (TPSA) is 69.6 Å². The molecule has 5 heteroatoms. The molecule has 96 valence electrons. The third-order valence-electron chi connectivity index (χ3n) is 3.60. The number of nitrogens with one attached hydrogen (secondary N) is 1. The molecule has 0 bridgehead atoms. The largest absolute Gasteiger partial charge is 0.480 e. The molecule has 0 heterocycles. The highest BCUT2D eigenvalue weighted by Gasteiger charge is 2.47. The molecule has 2 N–H and O–H groups in total. The first-order chi connectivity index (χ1) is 7.88. The van der Waals surface area contributed by atoms with Crippen molar-refractivity contribution in [2.75, 3.05) is 13.1 Å². The number of amides is 2. The first-order valence-corrected chi connectivity index (χ1v) is 6.16. The quantitative estimate of drug-likeness (QED) is 0.760. The van der Waals surface area contributed by atoms with Gasteiger partial charge in [-0.2, -0.15) is 0 Å². The van der Waals surface area contributed by atoms with E-state index in [2.05, 4.69) is 19.2 Å². The lowest BCUT2D eigenvalue weighted by atomic mass is 10.2. The van der Waals surface area contributed by atoms with Crippen molar-refractivity contribution >= 4 is 12.0 Å². The van der Waals surface area contributed by atoms with Crippen molar-refractivity contribution in [2.45, 2.75) is 39.2 Å². The zero-order chi connectivity index (χ0) is 12.6. The van der Waals surface area contributed by atoms with Crippen LogP contribution in [0.1, 0.15) is 33.1 Å². The van der Waals surface area contributed by atoms with Gasteiger partial charge in [-0.15, -0.1) is 0 Å². The Morgan fingerprint density at radius 2 is 2.00 bits per heavy atom. The van der Waals surface area contributed by atoms with Crippen LogP contribution in [0.5, 0.6) is 0 Å². The second-order valence-corrected chi connectivity index (χ2v) is 5.91. The number of hydrogen-bond acceptors (Lipinski definition) is 2. The van der Waals surface area contributed by atoms with Crippen molar-refractivity contribution < 1.29 is 14.7 Å². The summed E-state index contributed by atoms with van der Waals surface area (Å²) in [6.45, 7) is 4.57. The Hall–Kier alpha value is -1.26. The number of carbonyl (C=O) groups excluding carboxylic acids is 1. The van der Waals surface area contributed by atoms with Gasteiger partial charge in [0.05, 0.1) is 0 Å². The predicted molar refractivity (Wildman–Crippen MR) is 62.7 cm³/mol. The normalized spacial score (nSPS) is 25.2. The van der Waals surface area contributed by atoms with Crippen molar-refractivity contribution in [1.82, 2.24) is 10.2 Å². The Labute approximate surface area is 101 Å². The van der Waals surface area contributed by atoms with Gasteiger partial charge in [-0.3, -0.25) is 4.79 Å². The second kappa shape index (κ2) is 4.20. The maximum absolute atomic E-state index is 11.9. The highest BCUT2D eigenvalue weighted by molar-refractivity contribution is 5.80. The molecule has 2 saturated carbocycles. The van der Waals surface area contributed by atoms with Crippen molar-refractivity contribution in [1.29, 1.82) is 0 Å². The Morgan fingerprint density at radius 3 is 2.41 bits per heavy atom. The van der Waals surface area contributed by atoms with Crippen LogP contribution < -0.4 is 5.32 Å². The van der Waals surface area contributed by atoms with Gasteiger partial charge in [-0.05, 0) is 30.6 Å². The molecule has 2 aliphatic carbocycles. The average molecular weight is 240 g/mol. The van der Waals surface area contributed by atoms with E-state index in [1.807, 2.05) is 0 Å². The number of carbonyl (C=O) groups is 2. The minimum Gasteiger partial charge on any atom is -0.480 e. The maximum atomic E-state index is 11.9. The molecule has 0 aromatic carbocycles. The first-order valence-electron chi connectivity index (χ1n) is 6.16. The van der Waals surface area contributed by atoms with E-state index in [0.29, 0.717) is 12.5 Å². The van der Waals surface area contributed by atoms with Crippen LogP contribution in [0.15, 0.2) is 0 Å². The lowest BCUT2D eigenvalue weighted by Gasteiger charge is -2.21. The van der Waals surface area contributed by atoms with Crippen molar-refractivity contribution in [2.24, 2.45) is 11.3 Å². The third-order valence-corrected chi connectivity index (χ3v) is 3.60. The van der Waals surface area contributed by atoms with Gasteiger partial charge in [0.25, 0.3) is 0 Å². The standard InChI is InChI=1S/C12H20N2O3/c1-12(2)5-9(12)13-11(17)14(7-10(15)16)6-8-3-4-8/h8-9H,3-7H2,1-2H3,(H,13,17)(H,15,16). The number of hydrogen-bond donors (Lipinski definition) is 2. The molecule has 0 aromatic rings. The number of urea groups is 1. The minimum atomic E-state index is -0.948. The third kappa shape index (κ3) is 3.35. The van der Waals surface area contributed by atoms with Gasteiger partial charge in [-0.1, -0.05) is 13.8 Å². The number of carboxylic acids is 1. The summed E-state index contributed by atoms with van der Waals surface area (Å²) in [4.78, 5) is 24.1. The number of nitrogens with zero attached hydrogens (tertiary/aromatic N) is 1. The molecule has 2 amide bonds. The molecular formula is C12H20N2O3. The molecule has 2 aliphatic rings. The zero-order valence-electron chi connectivity index (χ0n) is 10.4. The number of carboxylic acid groups (broad SMARTS) is 1. The Kier molecular flexibility index (Phi) is 3.02. The van der Waals surface area contributed by atoms with Gasteiger partial charge in [0.2, 0.25) is 0 Å². The van der Waals surface area contributed by atoms with Crippen LogP contribution >= 0.6 is 0 Å². The SMILES string of the molecule is CC1(C)CC1NC(=O)N(CC(=O)O)CC1CC1. The van der Waals surface area contributed by atoms with Crippen molar-refractivity contribution in [3.63, 3.8) is 0 Å². The van der Waals surface area contributed by atoms with E-state index in [1.54, 1.807) is 0 Å². The fourth-order valence-corrected chi connectivity index (χ4v) is 1.95. The van der Waals surface area contributed by atoms with Gasteiger partial charge in [0, 0.05) is 12.6 Å². The molecule has 0 aromatic heterocycles. The summed E-state index contributed by atoms with van der Waals surface area (Å²) in [5.74, 6) is -0.442. The summed E-state index contributed by atoms with van der Waals surface area (Å²) in [6, 6.07) is -0.0274. The molecule has 5 nitrogen and oxygen atoms in total. The van der Waals surface area contributed by atoms with E-state index < -0.39 is 5.97 Å². The van der Waals surface area contributed by atoms with Crippen LogP contribution in [-0.2, 0) is 4.79 Å². The smallest absolute Gasteiger partial charge is 0.323 e. The summed E-state index contributed by atoms with van der Waals surface area (Å²) < 4.78 is 0. The minimum absolute atomic E-state index is 0.171. The lowest BCUT2D eigenvalue weighted by Crippen LogP contribution is -2.45. The summed E-state index contributed by atoms with van der Waals surface area (Å²) in [6.07, 6.45) is 3.19. The number of rotatable bonds is 5. The molecule has 2 fully saturated rings. The second-order valence-electron chi connectivity index (χ2n) is 5.91. The van der Waals surface area contributed by atoms with E-state index in [0.717, 1.165) is 19.3 Å². The molecule has 1 atom stereocenters. The average Bonchev–Trinajstić information content (AvgIpc) is 3.06. The highest BCUT2D eigenvalue weighted by atomic mass is 16.4. The van der Waals surface area contributed by atoms with E-state index in [4.69, 9.17) is 5.11 Å². The maximum Gasteiger partial charge on any atom is 0.323 e. The van der Waals surface area contributed by atoms with Gasteiger partial charge < -0.3 is 15.3 Å². The highest BCUT2D eigenvalue weighted by Crippen LogP contribution is 2.44. The van der Waals surface area contributed by atoms with E-state index in [9.17, 15) is 9.59 Å². The molecule has 17 heavy (non-hydrogen) atoms. The van der Waals surface area contributed by atoms with Crippen molar-refractivity contribution in [3.05, 3.63) is 0 Å². The van der Waals surface area contributed by atoms with Crippen molar-refractivity contribution in [3.8, 4) is 0 Å². The van der Waals surface area contributed by atoms with Gasteiger partial charge in [0.1, 0.15) is 6.54 Å². The zero-order valence-corrected chi connectivity index (χ0v) is 10.4. The molecule has 0 radical (unpaired) electrons. The Bertz CT molecular complexity index is 337. The van der Waals surface area contributed by atoms with Crippen LogP contribution in [0.2, 0.25) is 0 Å².